The van der Waals surface area contributed by atoms with Crippen LogP contribution < -0.4 is 10.5 Å². The summed E-state index contributed by atoms with van der Waals surface area (Å²) in [6.45, 7) is 1.92. The van der Waals surface area contributed by atoms with Gasteiger partial charge >= 0.3 is 0 Å². The maximum Gasteiger partial charge on any atom is 0.142 e. The third-order valence-electron chi connectivity index (χ3n) is 2.53. The van der Waals surface area contributed by atoms with Crippen molar-refractivity contribution < 1.29 is 4.74 Å². The molecule has 0 saturated carbocycles. The minimum absolute atomic E-state index is 0.606. The molecule has 0 aliphatic carbocycles. The van der Waals surface area contributed by atoms with E-state index >= 15 is 0 Å². The Labute approximate surface area is 114 Å². The molecule has 0 unspecified atom stereocenters. The van der Waals surface area contributed by atoms with Crippen LogP contribution in [0.2, 0.25) is 0 Å². The fourth-order valence-corrected chi connectivity index (χ4v) is 1.92. The van der Waals surface area contributed by atoms with Crippen LogP contribution in [-0.4, -0.2) is 0 Å². The van der Waals surface area contributed by atoms with E-state index in [-0.39, 0.29) is 0 Å². The van der Waals surface area contributed by atoms with Crippen molar-refractivity contribution in [3.8, 4) is 17.6 Å². The summed E-state index contributed by atoms with van der Waals surface area (Å²) in [5.74, 6) is 1.38. The summed E-state index contributed by atoms with van der Waals surface area (Å²) in [6, 6.07) is 12.7. The Morgan fingerprint density at radius 1 is 1.22 bits per heavy atom. The van der Waals surface area contributed by atoms with Crippen LogP contribution in [0, 0.1) is 18.3 Å². The first kappa shape index (κ1) is 12.5. The minimum Gasteiger partial charge on any atom is -0.456 e. The maximum atomic E-state index is 8.72. The number of nitrogens with two attached hydrogens (primary N) is 1. The number of hydrogen-bond donors (Lipinski definition) is 1. The number of anilines is 1. The van der Waals surface area contributed by atoms with Gasteiger partial charge in [-0.25, -0.2) is 0 Å². The third-order valence-corrected chi connectivity index (χ3v) is 3.15. The SMILES string of the molecule is Cc1cc(Oc2ccc(C#N)cc2)c(Br)cc1N. The van der Waals surface area contributed by atoms with Gasteiger partial charge in [0.05, 0.1) is 16.1 Å². The van der Waals surface area contributed by atoms with Gasteiger partial charge in [-0.2, -0.15) is 5.26 Å². The van der Waals surface area contributed by atoms with Crippen molar-refractivity contribution in [2.75, 3.05) is 5.73 Å². The number of nitrogen functional groups attached to an aromatic ring is 1. The van der Waals surface area contributed by atoms with E-state index in [1.54, 1.807) is 24.3 Å². The number of nitrogens with zero attached hydrogens (tertiary/aromatic N) is 1. The number of ether oxygens (including phenoxy) is 1. The lowest BCUT2D eigenvalue weighted by Gasteiger charge is -2.10. The van der Waals surface area contributed by atoms with Gasteiger partial charge in [-0.3, -0.25) is 0 Å². The van der Waals surface area contributed by atoms with Crippen molar-refractivity contribution in [3.05, 3.63) is 52.0 Å². The number of benzene rings is 2. The summed E-state index contributed by atoms with van der Waals surface area (Å²) >= 11 is 3.41. The first-order valence-corrected chi connectivity index (χ1v) is 6.13. The van der Waals surface area contributed by atoms with Crippen molar-refractivity contribution in [1.29, 1.82) is 5.26 Å². The predicted octanol–water partition coefficient (Wildman–Crippen LogP) is 4.00. The molecular weight excluding hydrogens is 292 g/mol. The molecule has 0 aromatic heterocycles. The highest BCUT2D eigenvalue weighted by molar-refractivity contribution is 9.10. The van der Waals surface area contributed by atoms with Crippen LogP contribution in [0.1, 0.15) is 11.1 Å². The number of hydrogen-bond acceptors (Lipinski definition) is 3. The van der Waals surface area contributed by atoms with Crippen LogP contribution in [0.4, 0.5) is 5.69 Å². The Bertz CT molecular complexity index is 615. The van der Waals surface area contributed by atoms with Crippen molar-refractivity contribution >= 4 is 21.6 Å². The lowest BCUT2D eigenvalue weighted by molar-refractivity contribution is 0.479. The molecule has 2 N–H and O–H groups in total. The Morgan fingerprint density at radius 2 is 1.89 bits per heavy atom. The molecule has 0 aliphatic heterocycles. The molecule has 0 aliphatic rings. The van der Waals surface area contributed by atoms with E-state index in [1.807, 2.05) is 19.1 Å². The topological polar surface area (TPSA) is 59.0 Å². The summed E-state index contributed by atoms with van der Waals surface area (Å²) in [4.78, 5) is 0. The van der Waals surface area contributed by atoms with Crippen molar-refractivity contribution in [2.24, 2.45) is 0 Å². The number of aryl methyl sites for hydroxylation is 1. The van der Waals surface area contributed by atoms with Gasteiger partial charge in [0.2, 0.25) is 0 Å². The summed E-state index contributed by atoms with van der Waals surface area (Å²) in [5, 5.41) is 8.72. The highest BCUT2D eigenvalue weighted by Crippen LogP contribution is 2.33. The molecule has 0 saturated heterocycles. The second kappa shape index (κ2) is 5.11. The molecule has 0 radical (unpaired) electrons. The Balaban J connectivity index is 2.28. The largest absolute Gasteiger partial charge is 0.456 e. The van der Waals surface area contributed by atoms with Crippen LogP contribution in [-0.2, 0) is 0 Å². The fraction of sp³-hybridized carbons (Fsp3) is 0.0714. The smallest absolute Gasteiger partial charge is 0.142 e. The molecule has 18 heavy (non-hydrogen) atoms. The molecule has 0 bridgehead atoms. The van der Waals surface area contributed by atoms with E-state index in [2.05, 4.69) is 22.0 Å². The van der Waals surface area contributed by atoms with Crippen LogP contribution in [0.15, 0.2) is 40.9 Å². The van der Waals surface area contributed by atoms with Gasteiger partial charge in [-0.15, -0.1) is 0 Å². The number of nitriles is 1. The average molecular weight is 303 g/mol. The Morgan fingerprint density at radius 3 is 2.50 bits per heavy atom. The molecule has 2 aromatic rings. The molecule has 3 nitrogen and oxygen atoms in total. The molecule has 2 aromatic carbocycles. The summed E-state index contributed by atoms with van der Waals surface area (Å²) < 4.78 is 6.53. The molecule has 0 amide bonds. The second-order valence-corrected chi connectivity index (χ2v) is 4.73. The van der Waals surface area contributed by atoms with E-state index in [0.717, 1.165) is 10.0 Å². The minimum atomic E-state index is 0.606. The van der Waals surface area contributed by atoms with Crippen LogP contribution in [0.5, 0.6) is 11.5 Å². The molecule has 0 atom stereocenters. The standard InChI is InChI=1S/C14H11BrN2O/c1-9-6-14(12(15)7-13(9)17)18-11-4-2-10(8-16)3-5-11/h2-7H,17H2,1H3. The van der Waals surface area contributed by atoms with Gasteiger partial charge in [0.25, 0.3) is 0 Å². The Hall–Kier alpha value is -1.99. The average Bonchev–Trinajstić information content (AvgIpc) is 2.37. The first-order valence-electron chi connectivity index (χ1n) is 5.34. The van der Waals surface area contributed by atoms with Crippen molar-refractivity contribution in [1.82, 2.24) is 0 Å². The second-order valence-electron chi connectivity index (χ2n) is 3.88. The van der Waals surface area contributed by atoms with E-state index in [0.29, 0.717) is 22.7 Å². The van der Waals surface area contributed by atoms with Crippen molar-refractivity contribution in [3.63, 3.8) is 0 Å². The predicted molar refractivity (Wildman–Crippen MR) is 74.5 cm³/mol. The molecule has 2 rings (SSSR count). The molecule has 0 heterocycles. The van der Waals surface area contributed by atoms with Gasteiger partial charge in [-0.05, 0) is 64.8 Å². The summed E-state index contributed by atoms with van der Waals surface area (Å²) in [6.07, 6.45) is 0. The molecular formula is C14H11BrN2O. The van der Waals surface area contributed by atoms with Crippen LogP contribution in [0.25, 0.3) is 0 Å². The highest BCUT2D eigenvalue weighted by atomic mass is 79.9. The van der Waals surface area contributed by atoms with E-state index in [1.165, 1.54) is 0 Å². The summed E-state index contributed by atoms with van der Waals surface area (Å²) in [7, 11) is 0. The zero-order valence-electron chi connectivity index (χ0n) is 9.77. The zero-order valence-corrected chi connectivity index (χ0v) is 11.4. The van der Waals surface area contributed by atoms with Crippen LogP contribution >= 0.6 is 15.9 Å². The van der Waals surface area contributed by atoms with E-state index in [9.17, 15) is 0 Å². The molecule has 0 fully saturated rings. The van der Waals surface area contributed by atoms with Crippen LogP contribution in [0.3, 0.4) is 0 Å². The zero-order chi connectivity index (χ0) is 13.1. The monoisotopic (exact) mass is 302 g/mol. The van der Waals surface area contributed by atoms with Gasteiger partial charge in [0.15, 0.2) is 0 Å². The third kappa shape index (κ3) is 2.63. The molecule has 0 spiro atoms. The maximum absolute atomic E-state index is 8.72. The van der Waals surface area contributed by atoms with Gasteiger partial charge in [0.1, 0.15) is 11.5 Å². The van der Waals surface area contributed by atoms with Gasteiger partial charge in [0, 0.05) is 5.69 Å². The highest BCUT2D eigenvalue weighted by Gasteiger charge is 2.06. The first-order chi connectivity index (χ1) is 8.60. The lowest BCUT2D eigenvalue weighted by Crippen LogP contribution is -1.92. The number of rotatable bonds is 2. The van der Waals surface area contributed by atoms with E-state index in [4.69, 9.17) is 15.7 Å². The van der Waals surface area contributed by atoms with E-state index < -0.39 is 0 Å². The molecule has 90 valence electrons. The van der Waals surface area contributed by atoms with Gasteiger partial charge in [-0.1, -0.05) is 0 Å². The number of halogens is 1. The molecule has 4 heteroatoms. The lowest BCUT2D eigenvalue weighted by atomic mass is 10.2. The van der Waals surface area contributed by atoms with Crippen molar-refractivity contribution in [2.45, 2.75) is 6.92 Å². The normalized spacial score (nSPS) is 9.83. The summed E-state index contributed by atoms with van der Waals surface area (Å²) in [5.41, 5.74) is 8.08. The fourth-order valence-electron chi connectivity index (χ4n) is 1.47. The van der Waals surface area contributed by atoms with Gasteiger partial charge < -0.3 is 10.5 Å². The quantitative estimate of drug-likeness (QED) is 0.853. The Kier molecular flexibility index (Phi) is 3.54.